The van der Waals surface area contributed by atoms with Crippen LogP contribution in [0, 0.1) is 0 Å². The van der Waals surface area contributed by atoms with E-state index < -0.39 is 11.7 Å². The molecule has 9 nitrogen and oxygen atoms in total. The first kappa shape index (κ1) is 23.0. The lowest BCUT2D eigenvalue weighted by molar-refractivity contribution is -0.120. The largest absolute Gasteiger partial charge is 0.445 e. The van der Waals surface area contributed by atoms with E-state index in [0.29, 0.717) is 37.7 Å². The highest BCUT2D eigenvalue weighted by Crippen LogP contribution is 2.32. The van der Waals surface area contributed by atoms with Crippen LogP contribution in [0.4, 0.5) is 14.7 Å². The molecule has 0 N–H and O–H groups in total. The van der Waals surface area contributed by atoms with Gasteiger partial charge in [-0.1, -0.05) is 30.3 Å². The minimum Gasteiger partial charge on any atom is -0.445 e. The molecule has 3 amide bonds. The minimum atomic E-state index is -0.557. The average Bonchev–Trinajstić information content (AvgIpc) is 3.20. The molecule has 1 aromatic carbocycles. The van der Waals surface area contributed by atoms with Gasteiger partial charge in [-0.3, -0.25) is 14.6 Å². The normalized spacial score (nSPS) is 16.5. The van der Waals surface area contributed by atoms with Crippen molar-refractivity contribution >= 4 is 34.6 Å². The third-order valence-corrected chi connectivity index (χ3v) is 6.46. The lowest BCUT2D eigenvalue weighted by atomic mass is 10.2. The summed E-state index contributed by atoms with van der Waals surface area (Å²) in [6, 6.07) is 9.42. The third-order valence-electron chi connectivity index (χ3n) is 5.28. The van der Waals surface area contributed by atoms with Crippen molar-refractivity contribution < 1.29 is 23.9 Å². The number of hydrogen-bond donors (Lipinski definition) is 0. The molecule has 2 aliphatic heterocycles. The number of fused-ring (bicyclic) bond motifs is 1. The van der Waals surface area contributed by atoms with Crippen LogP contribution in [0.5, 0.6) is 0 Å². The van der Waals surface area contributed by atoms with E-state index in [4.69, 9.17) is 9.47 Å². The van der Waals surface area contributed by atoms with E-state index >= 15 is 0 Å². The second kappa shape index (κ2) is 9.38. The number of carbonyl (C=O) groups is 3. The van der Waals surface area contributed by atoms with Crippen LogP contribution in [0.3, 0.4) is 0 Å². The topological polar surface area (TPSA) is 92.3 Å². The van der Waals surface area contributed by atoms with E-state index in [1.54, 1.807) is 9.80 Å². The second-order valence-electron chi connectivity index (χ2n) is 9.03. The maximum Gasteiger partial charge on any atom is 0.410 e. The first-order valence-electron chi connectivity index (χ1n) is 10.9. The molecule has 0 atom stereocenters. The van der Waals surface area contributed by atoms with Gasteiger partial charge < -0.3 is 14.4 Å². The van der Waals surface area contributed by atoms with Gasteiger partial charge in [0, 0.05) is 30.9 Å². The Kier molecular flexibility index (Phi) is 6.55. The molecule has 0 saturated carbocycles. The van der Waals surface area contributed by atoms with Gasteiger partial charge in [0.25, 0.3) is 0 Å². The van der Waals surface area contributed by atoms with Crippen LogP contribution in [0.1, 0.15) is 36.9 Å². The summed E-state index contributed by atoms with van der Waals surface area (Å²) in [6.07, 6.45) is -0.189. The van der Waals surface area contributed by atoms with Gasteiger partial charge in [0.05, 0.1) is 12.2 Å². The van der Waals surface area contributed by atoms with Crippen molar-refractivity contribution in [3.8, 4) is 0 Å². The number of benzene rings is 1. The van der Waals surface area contributed by atoms with Crippen LogP contribution >= 0.6 is 11.3 Å². The van der Waals surface area contributed by atoms with Gasteiger partial charge in [0.1, 0.15) is 18.8 Å². The Bertz CT molecular complexity index is 1030. The van der Waals surface area contributed by atoms with E-state index in [0.717, 1.165) is 16.1 Å². The number of hydrogen-bond acceptors (Lipinski definition) is 7. The average molecular weight is 473 g/mol. The Hall–Kier alpha value is -3.14. The molecular weight excluding hydrogens is 444 g/mol. The van der Waals surface area contributed by atoms with Crippen LogP contribution in [0.15, 0.2) is 30.3 Å². The van der Waals surface area contributed by atoms with Crippen LogP contribution in [-0.2, 0) is 33.8 Å². The summed E-state index contributed by atoms with van der Waals surface area (Å²) in [4.78, 5) is 47.9. The van der Waals surface area contributed by atoms with Gasteiger partial charge in [-0.2, -0.15) is 0 Å². The first-order chi connectivity index (χ1) is 15.7. The third kappa shape index (κ3) is 5.62. The van der Waals surface area contributed by atoms with E-state index in [1.165, 1.54) is 16.2 Å². The quantitative estimate of drug-likeness (QED) is 0.680. The summed E-state index contributed by atoms with van der Waals surface area (Å²) in [5, 5.41) is 0.605. The molecule has 0 radical (unpaired) electrons. The van der Waals surface area contributed by atoms with Crippen LogP contribution in [-0.4, -0.2) is 64.7 Å². The maximum atomic E-state index is 12.8. The summed E-state index contributed by atoms with van der Waals surface area (Å²) < 4.78 is 10.8. The fraction of sp³-hybridized carbons (Fsp3) is 0.478. The van der Waals surface area contributed by atoms with E-state index in [2.05, 4.69) is 4.98 Å². The molecule has 1 aromatic heterocycles. The van der Waals surface area contributed by atoms with Crippen molar-refractivity contribution in [3.05, 3.63) is 46.5 Å². The van der Waals surface area contributed by atoms with Crippen molar-refractivity contribution in [3.63, 3.8) is 0 Å². The number of rotatable bonds is 3. The Balaban J connectivity index is 1.34. The zero-order chi connectivity index (χ0) is 23.6. The molecule has 176 valence electrons. The zero-order valence-electron chi connectivity index (χ0n) is 19.1. The summed E-state index contributed by atoms with van der Waals surface area (Å²) in [5.41, 5.74) is 1.13. The van der Waals surface area contributed by atoms with Gasteiger partial charge in [0.2, 0.25) is 5.91 Å². The fourth-order valence-electron chi connectivity index (χ4n) is 3.62. The molecular formula is C23H28N4O5S. The van der Waals surface area contributed by atoms with Crippen molar-refractivity contribution in [2.24, 2.45) is 0 Å². The predicted molar refractivity (Wildman–Crippen MR) is 123 cm³/mol. The van der Waals surface area contributed by atoms with Gasteiger partial charge in [-0.15, -0.1) is 11.3 Å². The zero-order valence-corrected chi connectivity index (χ0v) is 19.9. The summed E-state index contributed by atoms with van der Waals surface area (Å²) in [7, 11) is 0. The molecule has 2 aliphatic rings. The summed E-state index contributed by atoms with van der Waals surface area (Å²) in [6.45, 7) is 7.26. The Labute approximate surface area is 196 Å². The molecule has 2 aromatic rings. The van der Waals surface area contributed by atoms with Crippen molar-refractivity contribution in [2.75, 3.05) is 31.1 Å². The number of anilines is 1. The number of ether oxygens (including phenoxy) is 2. The van der Waals surface area contributed by atoms with E-state index in [-0.39, 0.29) is 25.2 Å². The molecule has 1 fully saturated rings. The fourth-order valence-corrected chi connectivity index (χ4v) is 4.73. The highest BCUT2D eigenvalue weighted by atomic mass is 32.1. The Morgan fingerprint density at radius 2 is 1.76 bits per heavy atom. The molecule has 10 heteroatoms. The number of thiazole rings is 1. The number of carbonyl (C=O) groups excluding carboxylic acids is 3. The smallest absolute Gasteiger partial charge is 0.410 e. The highest BCUT2D eigenvalue weighted by molar-refractivity contribution is 7.16. The number of aromatic nitrogens is 1. The maximum absolute atomic E-state index is 12.8. The summed E-state index contributed by atoms with van der Waals surface area (Å²) in [5.74, 6) is -0.201. The van der Waals surface area contributed by atoms with E-state index in [9.17, 15) is 14.4 Å². The second-order valence-corrected chi connectivity index (χ2v) is 10.1. The van der Waals surface area contributed by atoms with Crippen LogP contribution < -0.4 is 4.90 Å². The molecule has 3 heterocycles. The van der Waals surface area contributed by atoms with Crippen molar-refractivity contribution in [2.45, 2.75) is 45.9 Å². The number of amides is 3. The van der Waals surface area contributed by atoms with Crippen molar-refractivity contribution in [1.82, 2.24) is 14.8 Å². The molecule has 0 spiro atoms. The lowest BCUT2D eigenvalue weighted by Gasteiger charge is -2.32. The number of piperazine rings is 1. The van der Waals surface area contributed by atoms with Crippen LogP contribution in [0.25, 0.3) is 0 Å². The molecule has 0 unspecified atom stereocenters. The van der Waals surface area contributed by atoms with Gasteiger partial charge in [-0.25, -0.2) is 14.6 Å². The van der Waals surface area contributed by atoms with E-state index in [1.807, 2.05) is 51.1 Å². The van der Waals surface area contributed by atoms with Gasteiger partial charge >= 0.3 is 12.2 Å². The molecule has 4 rings (SSSR count). The molecule has 0 bridgehead atoms. The molecule has 1 saturated heterocycles. The predicted octanol–water partition coefficient (Wildman–Crippen LogP) is 3.42. The highest BCUT2D eigenvalue weighted by Gasteiger charge is 2.33. The Morgan fingerprint density at radius 3 is 2.45 bits per heavy atom. The first-order valence-corrected chi connectivity index (χ1v) is 11.7. The summed E-state index contributed by atoms with van der Waals surface area (Å²) >= 11 is 1.47. The van der Waals surface area contributed by atoms with Crippen LogP contribution in [0.2, 0.25) is 0 Å². The van der Waals surface area contributed by atoms with Gasteiger partial charge in [0.15, 0.2) is 5.13 Å². The standard InChI is InChI=1S/C23H28N4O5S/c1-23(2,3)32-22(30)25-10-9-18-17(13-25)24-20(33-18)27-12-11-26(14-19(27)28)21(29)31-15-16-7-5-4-6-8-16/h4-8H,9-15H2,1-3H3. The van der Waals surface area contributed by atoms with Crippen molar-refractivity contribution in [1.29, 1.82) is 0 Å². The van der Waals surface area contributed by atoms with Gasteiger partial charge in [-0.05, 0) is 26.3 Å². The minimum absolute atomic E-state index is 0.0537. The molecule has 0 aliphatic carbocycles. The lowest BCUT2D eigenvalue weighted by Crippen LogP contribution is -2.52. The monoisotopic (exact) mass is 472 g/mol. The molecule has 33 heavy (non-hydrogen) atoms. The Morgan fingerprint density at radius 1 is 1.03 bits per heavy atom. The SMILES string of the molecule is CC(C)(C)OC(=O)N1CCc2sc(N3CCN(C(=O)OCc4ccccc4)CC3=O)nc2C1. The number of nitrogens with zero attached hydrogens (tertiary/aromatic N) is 4.